The predicted molar refractivity (Wildman–Crippen MR) is 114 cm³/mol. The SMILES string of the molecule is Cc1ccc(-c2csc3ncnc(N4CCc5ccccc5C4)c23)c(C)c1. The summed E-state index contributed by atoms with van der Waals surface area (Å²) in [5.74, 6) is 1.06. The van der Waals surface area contributed by atoms with E-state index in [4.69, 9.17) is 4.98 Å². The zero-order valence-corrected chi connectivity index (χ0v) is 16.4. The number of fused-ring (bicyclic) bond motifs is 2. The number of thiophene rings is 1. The minimum Gasteiger partial charge on any atom is -0.351 e. The van der Waals surface area contributed by atoms with Gasteiger partial charge in [-0.05, 0) is 42.5 Å². The van der Waals surface area contributed by atoms with Crippen molar-refractivity contribution >= 4 is 27.4 Å². The number of anilines is 1. The van der Waals surface area contributed by atoms with Crippen molar-refractivity contribution in [2.24, 2.45) is 0 Å². The molecular weight excluding hydrogens is 350 g/mol. The molecule has 0 bridgehead atoms. The van der Waals surface area contributed by atoms with Crippen molar-refractivity contribution in [3.8, 4) is 11.1 Å². The molecule has 0 unspecified atom stereocenters. The fourth-order valence-corrected chi connectivity index (χ4v) is 4.99. The molecule has 0 saturated heterocycles. The first-order valence-electron chi connectivity index (χ1n) is 9.32. The minimum absolute atomic E-state index is 0.907. The average molecular weight is 372 g/mol. The van der Waals surface area contributed by atoms with Crippen LogP contribution in [0.3, 0.4) is 0 Å². The van der Waals surface area contributed by atoms with Gasteiger partial charge in [0.15, 0.2) is 0 Å². The molecule has 4 heteroatoms. The van der Waals surface area contributed by atoms with E-state index in [-0.39, 0.29) is 0 Å². The fourth-order valence-electron chi connectivity index (χ4n) is 4.09. The fraction of sp³-hybridized carbons (Fsp3) is 0.217. The Kier molecular flexibility index (Phi) is 3.94. The van der Waals surface area contributed by atoms with E-state index in [0.29, 0.717) is 0 Å². The standard InChI is InChI=1S/C23H21N3S/c1-15-7-8-19(16(2)11-15)20-13-27-23-21(20)22(24-14-25-23)26-10-9-17-5-3-4-6-18(17)12-26/h3-8,11,13-14H,9-10,12H2,1-2H3. The summed E-state index contributed by atoms with van der Waals surface area (Å²) in [6.07, 6.45) is 2.77. The van der Waals surface area contributed by atoms with Gasteiger partial charge in [0, 0.05) is 24.0 Å². The van der Waals surface area contributed by atoms with Gasteiger partial charge in [-0.25, -0.2) is 9.97 Å². The molecule has 0 radical (unpaired) electrons. The monoisotopic (exact) mass is 371 g/mol. The molecule has 0 amide bonds. The third-order valence-corrected chi connectivity index (χ3v) is 6.34. The second-order valence-electron chi connectivity index (χ2n) is 7.29. The molecule has 1 aliphatic rings. The molecule has 5 rings (SSSR count). The minimum atomic E-state index is 0.907. The molecule has 2 aromatic carbocycles. The molecule has 0 saturated carbocycles. The lowest BCUT2D eigenvalue weighted by Crippen LogP contribution is -2.31. The van der Waals surface area contributed by atoms with E-state index in [0.717, 1.165) is 30.2 Å². The van der Waals surface area contributed by atoms with Crippen LogP contribution in [0.15, 0.2) is 54.2 Å². The number of nitrogens with zero attached hydrogens (tertiary/aromatic N) is 3. The van der Waals surface area contributed by atoms with Gasteiger partial charge in [0.05, 0.1) is 5.39 Å². The molecule has 0 aliphatic carbocycles. The quantitative estimate of drug-likeness (QED) is 0.463. The zero-order chi connectivity index (χ0) is 18.4. The Hall–Kier alpha value is -2.72. The van der Waals surface area contributed by atoms with Crippen molar-refractivity contribution in [3.63, 3.8) is 0 Å². The first-order chi connectivity index (χ1) is 13.2. The molecule has 1 aliphatic heterocycles. The predicted octanol–water partition coefficient (Wildman–Crippen LogP) is 5.54. The molecule has 0 fully saturated rings. The van der Waals surface area contributed by atoms with Crippen molar-refractivity contribution in [1.82, 2.24) is 9.97 Å². The second-order valence-corrected chi connectivity index (χ2v) is 8.14. The van der Waals surface area contributed by atoms with Crippen LogP contribution in [-0.2, 0) is 13.0 Å². The number of aromatic nitrogens is 2. The normalized spacial score (nSPS) is 13.8. The third kappa shape index (κ3) is 2.81. The molecule has 0 spiro atoms. The van der Waals surface area contributed by atoms with Crippen LogP contribution in [0.2, 0.25) is 0 Å². The highest BCUT2D eigenvalue weighted by Crippen LogP contribution is 2.40. The van der Waals surface area contributed by atoms with Gasteiger partial charge in [-0.15, -0.1) is 11.3 Å². The van der Waals surface area contributed by atoms with E-state index in [9.17, 15) is 0 Å². The Bertz CT molecular complexity index is 1150. The highest BCUT2D eigenvalue weighted by molar-refractivity contribution is 7.17. The lowest BCUT2D eigenvalue weighted by atomic mass is 9.97. The summed E-state index contributed by atoms with van der Waals surface area (Å²) in [6, 6.07) is 15.4. The maximum atomic E-state index is 4.73. The highest BCUT2D eigenvalue weighted by Gasteiger charge is 2.22. The van der Waals surface area contributed by atoms with Gasteiger partial charge in [0.1, 0.15) is 17.0 Å². The van der Waals surface area contributed by atoms with E-state index >= 15 is 0 Å². The molecule has 4 aromatic rings. The van der Waals surface area contributed by atoms with Gasteiger partial charge in [-0.3, -0.25) is 0 Å². The van der Waals surface area contributed by atoms with Crippen LogP contribution in [-0.4, -0.2) is 16.5 Å². The van der Waals surface area contributed by atoms with Gasteiger partial charge in [-0.1, -0.05) is 48.0 Å². The Morgan fingerprint density at radius 2 is 1.81 bits per heavy atom. The van der Waals surface area contributed by atoms with E-state index in [1.165, 1.54) is 38.8 Å². The van der Waals surface area contributed by atoms with Crippen molar-refractivity contribution in [3.05, 3.63) is 76.4 Å². The van der Waals surface area contributed by atoms with E-state index in [2.05, 4.69) is 71.6 Å². The van der Waals surface area contributed by atoms with Gasteiger partial charge < -0.3 is 4.90 Å². The smallest absolute Gasteiger partial charge is 0.141 e. The summed E-state index contributed by atoms with van der Waals surface area (Å²) in [5, 5.41) is 3.42. The Morgan fingerprint density at radius 3 is 2.67 bits per heavy atom. The topological polar surface area (TPSA) is 29.0 Å². The molecular formula is C23H21N3S. The number of aryl methyl sites for hydroxylation is 2. The first-order valence-corrected chi connectivity index (χ1v) is 10.2. The van der Waals surface area contributed by atoms with Gasteiger partial charge in [0.2, 0.25) is 0 Å². The van der Waals surface area contributed by atoms with Gasteiger partial charge >= 0.3 is 0 Å². The van der Waals surface area contributed by atoms with E-state index in [1.807, 2.05) is 0 Å². The summed E-state index contributed by atoms with van der Waals surface area (Å²) < 4.78 is 0. The molecule has 3 nitrogen and oxygen atoms in total. The van der Waals surface area contributed by atoms with Crippen LogP contribution in [0.25, 0.3) is 21.3 Å². The Balaban J connectivity index is 1.65. The first kappa shape index (κ1) is 16.5. The molecule has 2 aromatic heterocycles. The largest absolute Gasteiger partial charge is 0.351 e. The van der Waals surface area contributed by atoms with Crippen molar-refractivity contribution in [2.45, 2.75) is 26.8 Å². The van der Waals surface area contributed by atoms with Crippen LogP contribution in [0, 0.1) is 13.8 Å². The van der Waals surface area contributed by atoms with Gasteiger partial charge in [0.25, 0.3) is 0 Å². The third-order valence-electron chi connectivity index (χ3n) is 5.45. The Labute approximate surface area is 163 Å². The zero-order valence-electron chi connectivity index (χ0n) is 15.6. The van der Waals surface area contributed by atoms with Crippen LogP contribution in [0.5, 0.6) is 0 Å². The number of rotatable bonds is 2. The molecule has 0 N–H and O–H groups in total. The lowest BCUT2D eigenvalue weighted by molar-refractivity contribution is 0.723. The number of benzene rings is 2. The summed E-state index contributed by atoms with van der Waals surface area (Å²) >= 11 is 1.71. The molecule has 27 heavy (non-hydrogen) atoms. The van der Waals surface area contributed by atoms with Crippen molar-refractivity contribution < 1.29 is 0 Å². The summed E-state index contributed by atoms with van der Waals surface area (Å²) in [4.78, 5) is 12.8. The average Bonchev–Trinajstić information content (AvgIpc) is 3.12. The molecule has 3 heterocycles. The maximum Gasteiger partial charge on any atom is 0.141 e. The van der Waals surface area contributed by atoms with Crippen LogP contribution in [0.4, 0.5) is 5.82 Å². The number of hydrogen-bond acceptors (Lipinski definition) is 4. The number of hydrogen-bond donors (Lipinski definition) is 0. The van der Waals surface area contributed by atoms with Crippen molar-refractivity contribution in [2.75, 3.05) is 11.4 Å². The molecule has 134 valence electrons. The van der Waals surface area contributed by atoms with Crippen LogP contribution < -0.4 is 4.90 Å². The van der Waals surface area contributed by atoms with Crippen molar-refractivity contribution in [1.29, 1.82) is 0 Å². The van der Waals surface area contributed by atoms with E-state index in [1.54, 1.807) is 17.7 Å². The van der Waals surface area contributed by atoms with Gasteiger partial charge in [-0.2, -0.15) is 0 Å². The summed E-state index contributed by atoms with van der Waals surface area (Å²) in [6.45, 7) is 6.23. The van der Waals surface area contributed by atoms with E-state index < -0.39 is 0 Å². The lowest BCUT2D eigenvalue weighted by Gasteiger charge is -2.30. The Morgan fingerprint density at radius 1 is 0.963 bits per heavy atom. The maximum absolute atomic E-state index is 4.73. The summed E-state index contributed by atoms with van der Waals surface area (Å²) in [5.41, 5.74) is 7.98. The second kappa shape index (κ2) is 6.46. The van der Waals surface area contributed by atoms with Crippen LogP contribution >= 0.6 is 11.3 Å². The molecule has 0 atom stereocenters. The van der Waals surface area contributed by atoms with Crippen LogP contribution in [0.1, 0.15) is 22.3 Å². The summed E-state index contributed by atoms with van der Waals surface area (Å²) in [7, 11) is 0. The highest BCUT2D eigenvalue weighted by atomic mass is 32.1.